The van der Waals surface area contributed by atoms with Crippen molar-refractivity contribution in [2.24, 2.45) is 0 Å². The first kappa shape index (κ1) is 17.8. The maximum Gasteiger partial charge on any atom is 0.257 e. The number of hydrogen-bond donors (Lipinski definition) is 1. The molecule has 132 valence electrons. The Morgan fingerprint density at radius 2 is 1.88 bits per heavy atom. The third-order valence-electron chi connectivity index (χ3n) is 3.58. The minimum absolute atomic E-state index is 0.103. The minimum atomic E-state index is -3.30. The second-order valence-corrected chi connectivity index (χ2v) is 8.40. The fourth-order valence-corrected chi connectivity index (χ4v) is 4.08. The zero-order valence-electron chi connectivity index (χ0n) is 13.6. The summed E-state index contributed by atoms with van der Waals surface area (Å²) in [4.78, 5) is 0.903. The summed E-state index contributed by atoms with van der Waals surface area (Å²) in [6.45, 7) is 0.250. The summed E-state index contributed by atoms with van der Waals surface area (Å²) in [5.41, 5.74) is 1.14. The lowest BCUT2D eigenvalue weighted by atomic mass is 10.1. The first-order chi connectivity index (χ1) is 12.1. The monoisotopic (exact) mass is 377 g/mol. The zero-order chi connectivity index (χ0) is 17.5. The van der Waals surface area contributed by atoms with Gasteiger partial charge in [0.15, 0.2) is 0 Å². The van der Waals surface area contributed by atoms with Crippen LogP contribution in [0.15, 0.2) is 52.3 Å². The Balaban J connectivity index is 1.41. The van der Waals surface area contributed by atoms with Gasteiger partial charge in [-0.15, -0.1) is 21.5 Å². The van der Waals surface area contributed by atoms with E-state index in [0.717, 1.165) is 16.9 Å². The van der Waals surface area contributed by atoms with Gasteiger partial charge in [0, 0.05) is 13.0 Å². The summed E-state index contributed by atoms with van der Waals surface area (Å²) in [5, 5.41) is 9.86. The van der Waals surface area contributed by atoms with E-state index in [1.807, 2.05) is 47.8 Å². The van der Waals surface area contributed by atoms with Gasteiger partial charge in [0.05, 0.1) is 10.6 Å². The fourth-order valence-electron chi connectivity index (χ4n) is 2.35. The summed E-state index contributed by atoms with van der Waals surface area (Å²) in [5.74, 6) is 0.998. The number of nitrogens with zero attached hydrogens (tertiary/aromatic N) is 2. The van der Waals surface area contributed by atoms with Gasteiger partial charge in [-0.3, -0.25) is 0 Å². The fraction of sp³-hybridized carbons (Fsp3) is 0.294. The van der Waals surface area contributed by atoms with Gasteiger partial charge in [0.2, 0.25) is 15.9 Å². The molecule has 0 bridgehead atoms. The van der Waals surface area contributed by atoms with E-state index in [1.165, 1.54) is 11.3 Å². The van der Waals surface area contributed by atoms with E-state index in [-0.39, 0.29) is 12.3 Å². The van der Waals surface area contributed by atoms with Crippen molar-refractivity contribution in [3.63, 3.8) is 0 Å². The number of rotatable bonds is 9. The largest absolute Gasteiger partial charge is 0.420 e. The first-order valence-corrected chi connectivity index (χ1v) is 10.5. The SMILES string of the molecule is O=S(=O)(CCCc1ccccc1)NCCc1nnc(-c2cccs2)o1. The molecule has 3 rings (SSSR count). The number of hydrogen-bond acceptors (Lipinski definition) is 6. The van der Waals surface area contributed by atoms with Gasteiger partial charge >= 0.3 is 0 Å². The number of benzene rings is 1. The Bertz CT molecular complexity index is 875. The lowest BCUT2D eigenvalue weighted by Crippen LogP contribution is -2.28. The van der Waals surface area contributed by atoms with Crippen molar-refractivity contribution in [3.05, 3.63) is 59.3 Å². The third-order valence-corrected chi connectivity index (χ3v) is 5.91. The quantitative estimate of drug-likeness (QED) is 0.620. The maximum atomic E-state index is 12.0. The molecular formula is C17H19N3O3S2. The van der Waals surface area contributed by atoms with Crippen LogP contribution in [0.1, 0.15) is 17.9 Å². The summed E-state index contributed by atoms with van der Waals surface area (Å²) in [7, 11) is -3.30. The lowest BCUT2D eigenvalue weighted by molar-refractivity contribution is 0.502. The Hall–Kier alpha value is -2.03. The highest BCUT2D eigenvalue weighted by Crippen LogP contribution is 2.22. The van der Waals surface area contributed by atoms with Crippen molar-refractivity contribution in [2.45, 2.75) is 19.3 Å². The van der Waals surface area contributed by atoms with Gasteiger partial charge in [-0.2, -0.15) is 0 Å². The van der Waals surface area contributed by atoms with E-state index in [1.54, 1.807) is 0 Å². The predicted octanol–water partition coefficient (Wildman–Crippen LogP) is 2.89. The Morgan fingerprint density at radius 3 is 2.64 bits per heavy atom. The molecule has 0 fully saturated rings. The van der Waals surface area contributed by atoms with Gasteiger partial charge in [0.1, 0.15) is 0 Å². The second-order valence-electron chi connectivity index (χ2n) is 5.53. The molecule has 0 saturated carbocycles. The van der Waals surface area contributed by atoms with Crippen molar-refractivity contribution < 1.29 is 12.8 Å². The third kappa shape index (κ3) is 5.48. The molecule has 0 aliphatic carbocycles. The van der Waals surface area contributed by atoms with E-state index in [0.29, 0.717) is 24.6 Å². The van der Waals surface area contributed by atoms with Crippen molar-refractivity contribution in [1.82, 2.24) is 14.9 Å². The molecule has 1 N–H and O–H groups in total. The standard InChI is InChI=1S/C17H19N3O3S2/c21-25(22,13-5-8-14-6-2-1-3-7-14)18-11-10-16-19-20-17(23-16)15-9-4-12-24-15/h1-4,6-7,9,12,18H,5,8,10-11,13H2. The molecule has 0 aliphatic heterocycles. The van der Waals surface area contributed by atoms with Crippen LogP contribution >= 0.6 is 11.3 Å². The van der Waals surface area contributed by atoms with Crippen LogP contribution in [0.5, 0.6) is 0 Å². The van der Waals surface area contributed by atoms with Crippen LogP contribution in [-0.4, -0.2) is 30.9 Å². The normalized spacial score (nSPS) is 11.7. The summed E-state index contributed by atoms with van der Waals surface area (Å²) < 4.78 is 32.2. The predicted molar refractivity (Wildman–Crippen MR) is 97.9 cm³/mol. The minimum Gasteiger partial charge on any atom is -0.420 e. The van der Waals surface area contributed by atoms with Crippen LogP contribution in [0.25, 0.3) is 10.8 Å². The molecule has 8 heteroatoms. The van der Waals surface area contributed by atoms with Gasteiger partial charge in [-0.05, 0) is 29.9 Å². The molecule has 25 heavy (non-hydrogen) atoms. The van der Waals surface area contributed by atoms with Gasteiger partial charge in [-0.1, -0.05) is 36.4 Å². The molecule has 6 nitrogen and oxygen atoms in total. The molecule has 3 aromatic rings. The number of sulfonamides is 1. The molecule has 0 aliphatic rings. The first-order valence-electron chi connectivity index (χ1n) is 8.00. The number of nitrogens with one attached hydrogen (secondary N) is 1. The van der Waals surface area contributed by atoms with Crippen LogP contribution in [-0.2, 0) is 22.9 Å². The number of thiophene rings is 1. The van der Waals surface area contributed by atoms with Crippen molar-refractivity contribution in [3.8, 4) is 10.8 Å². The highest BCUT2D eigenvalue weighted by molar-refractivity contribution is 7.89. The lowest BCUT2D eigenvalue weighted by Gasteiger charge is -2.05. The smallest absolute Gasteiger partial charge is 0.257 e. The molecule has 0 spiro atoms. The Labute approximate surface area is 151 Å². The molecule has 0 saturated heterocycles. The molecule has 0 amide bonds. The van der Waals surface area contributed by atoms with E-state index in [9.17, 15) is 8.42 Å². The van der Waals surface area contributed by atoms with E-state index < -0.39 is 10.0 Å². The van der Waals surface area contributed by atoms with Gasteiger partial charge < -0.3 is 4.42 Å². The van der Waals surface area contributed by atoms with Crippen LogP contribution in [0.2, 0.25) is 0 Å². The molecule has 0 unspecified atom stereocenters. The van der Waals surface area contributed by atoms with Crippen LogP contribution in [0, 0.1) is 0 Å². The molecule has 2 heterocycles. The van der Waals surface area contributed by atoms with E-state index >= 15 is 0 Å². The number of aryl methyl sites for hydroxylation is 1. The molecule has 2 aromatic heterocycles. The van der Waals surface area contributed by atoms with Crippen molar-refractivity contribution in [1.29, 1.82) is 0 Å². The van der Waals surface area contributed by atoms with Gasteiger partial charge in [0.25, 0.3) is 5.89 Å². The van der Waals surface area contributed by atoms with Crippen molar-refractivity contribution in [2.75, 3.05) is 12.3 Å². The van der Waals surface area contributed by atoms with E-state index in [4.69, 9.17) is 4.42 Å². The van der Waals surface area contributed by atoms with E-state index in [2.05, 4.69) is 14.9 Å². The second kappa shape index (κ2) is 8.37. The Kier molecular flexibility index (Phi) is 5.95. The molecule has 0 atom stereocenters. The topological polar surface area (TPSA) is 85.1 Å². The number of aromatic nitrogens is 2. The molecular weight excluding hydrogens is 358 g/mol. The van der Waals surface area contributed by atoms with Gasteiger partial charge in [-0.25, -0.2) is 13.1 Å². The highest BCUT2D eigenvalue weighted by atomic mass is 32.2. The average Bonchev–Trinajstić information content (AvgIpc) is 3.27. The van der Waals surface area contributed by atoms with Crippen LogP contribution in [0.4, 0.5) is 0 Å². The molecule has 1 aromatic carbocycles. The molecule has 0 radical (unpaired) electrons. The summed E-state index contributed by atoms with van der Waals surface area (Å²) in [6.07, 6.45) is 1.70. The van der Waals surface area contributed by atoms with Crippen LogP contribution in [0.3, 0.4) is 0 Å². The van der Waals surface area contributed by atoms with Crippen molar-refractivity contribution >= 4 is 21.4 Å². The summed E-state index contributed by atoms with van der Waals surface area (Å²) in [6, 6.07) is 13.7. The zero-order valence-corrected chi connectivity index (χ0v) is 15.2. The highest BCUT2D eigenvalue weighted by Gasteiger charge is 2.12. The summed E-state index contributed by atoms with van der Waals surface area (Å²) >= 11 is 1.52. The average molecular weight is 377 g/mol. The maximum absolute atomic E-state index is 12.0. The van der Waals surface area contributed by atoms with Crippen LogP contribution < -0.4 is 4.72 Å². The Morgan fingerprint density at radius 1 is 1.04 bits per heavy atom.